The molecule has 1 saturated heterocycles. The fraction of sp³-hybridized carbons (Fsp3) is 0.583. The monoisotopic (exact) mass is 287 g/mol. The molecule has 2 rings (SSSR count). The molecule has 0 spiro atoms. The van der Waals surface area contributed by atoms with E-state index in [1.54, 1.807) is 0 Å². The Hall–Kier alpha value is -1.05. The quantitative estimate of drug-likeness (QED) is 0.862. The number of aromatic nitrogens is 1. The Morgan fingerprint density at radius 2 is 2.32 bits per heavy atom. The van der Waals surface area contributed by atoms with Gasteiger partial charge in [-0.15, -0.1) is 0 Å². The number of piperidine rings is 1. The van der Waals surface area contributed by atoms with Gasteiger partial charge in [0.1, 0.15) is 10.7 Å². The summed E-state index contributed by atoms with van der Waals surface area (Å²) in [5.74, 6) is -0.403. The first-order valence-corrected chi connectivity index (χ1v) is 7.81. The maximum atomic E-state index is 13.0. The third-order valence-electron chi connectivity index (χ3n) is 3.37. The maximum absolute atomic E-state index is 13.0. The van der Waals surface area contributed by atoms with Crippen molar-refractivity contribution in [2.75, 3.05) is 13.1 Å². The highest BCUT2D eigenvalue weighted by molar-refractivity contribution is 7.89. The smallest absolute Gasteiger partial charge is 0.242 e. The van der Waals surface area contributed by atoms with Crippen LogP contribution in [0.1, 0.15) is 19.8 Å². The van der Waals surface area contributed by atoms with Gasteiger partial charge in [-0.3, -0.25) is 4.98 Å². The zero-order valence-corrected chi connectivity index (χ0v) is 11.6. The molecule has 0 aromatic carbocycles. The normalized spacial score (nSPS) is 22.1. The van der Waals surface area contributed by atoms with Crippen LogP contribution in [0.5, 0.6) is 0 Å². The second-order valence-electron chi connectivity index (χ2n) is 4.86. The van der Waals surface area contributed by atoms with Gasteiger partial charge < -0.3 is 5.32 Å². The fourth-order valence-corrected chi connectivity index (χ4v) is 3.54. The lowest BCUT2D eigenvalue weighted by molar-refractivity contribution is 0.320. The Morgan fingerprint density at radius 1 is 1.53 bits per heavy atom. The van der Waals surface area contributed by atoms with Crippen molar-refractivity contribution in [1.29, 1.82) is 0 Å². The predicted molar refractivity (Wildman–Crippen MR) is 69.6 cm³/mol. The summed E-state index contributed by atoms with van der Waals surface area (Å²) in [4.78, 5) is 3.43. The van der Waals surface area contributed by atoms with Crippen LogP contribution in [0, 0.1) is 11.7 Å². The number of pyridine rings is 1. The molecule has 0 bridgehead atoms. The third kappa shape index (κ3) is 3.71. The molecule has 19 heavy (non-hydrogen) atoms. The van der Waals surface area contributed by atoms with Crippen molar-refractivity contribution in [2.45, 2.75) is 30.7 Å². The highest BCUT2D eigenvalue weighted by Gasteiger charge is 2.25. The van der Waals surface area contributed by atoms with Gasteiger partial charge in [0.2, 0.25) is 10.0 Å². The molecule has 1 aliphatic heterocycles. The molecule has 5 nitrogen and oxygen atoms in total. The van der Waals surface area contributed by atoms with E-state index in [2.05, 4.69) is 15.0 Å². The van der Waals surface area contributed by atoms with E-state index >= 15 is 0 Å². The van der Waals surface area contributed by atoms with Crippen LogP contribution in [0.25, 0.3) is 0 Å². The average molecular weight is 287 g/mol. The van der Waals surface area contributed by atoms with Crippen molar-refractivity contribution in [1.82, 2.24) is 15.0 Å². The Kier molecular flexibility index (Phi) is 4.49. The second-order valence-corrected chi connectivity index (χ2v) is 6.57. The molecule has 2 heterocycles. The van der Waals surface area contributed by atoms with Crippen molar-refractivity contribution in [3.05, 3.63) is 24.3 Å². The van der Waals surface area contributed by atoms with Gasteiger partial charge in [0.15, 0.2) is 0 Å². The molecule has 1 aromatic heterocycles. The minimum absolute atomic E-state index is 0.136. The number of nitrogens with one attached hydrogen (secondary N) is 2. The molecule has 0 saturated carbocycles. The Balaban J connectivity index is 2.08. The van der Waals surface area contributed by atoms with E-state index in [4.69, 9.17) is 0 Å². The number of hydrogen-bond acceptors (Lipinski definition) is 4. The maximum Gasteiger partial charge on any atom is 0.242 e. The van der Waals surface area contributed by atoms with E-state index in [-0.39, 0.29) is 16.9 Å². The van der Waals surface area contributed by atoms with Crippen LogP contribution in [-0.4, -0.2) is 32.5 Å². The van der Waals surface area contributed by atoms with E-state index in [1.165, 1.54) is 0 Å². The van der Waals surface area contributed by atoms with E-state index < -0.39 is 15.8 Å². The van der Waals surface area contributed by atoms with Crippen LogP contribution in [0.4, 0.5) is 4.39 Å². The lowest BCUT2D eigenvalue weighted by atomic mass is 9.94. The minimum Gasteiger partial charge on any atom is -0.316 e. The summed E-state index contributed by atoms with van der Waals surface area (Å²) in [5.41, 5.74) is 0. The molecule has 1 aliphatic rings. The summed E-state index contributed by atoms with van der Waals surface area (Å²) < 4.78 is 39.8. The van der Waals surface area contributed by atoms with E-state index in [0.29, 0.717) is 0 Å². The molecule has 0 aliphatic carbocycles. The minimum atomic E-state index is -3.71. The van der Waals surface area contributed by atoms with Crippen LogP contribution >= 0.6 is 0 Å². The number of sulfonamides is 1. The average Bonchev–Trinajstić information content (AvgIpc) is 2.39. The first-order chi connectivity index (χ1) is 8.99. The number of hydrogen-bond donors (Lipinski definition) is 2. The molecule has 2 atom stereocenters. The Labute approximate surface area is 112 Å². The van der Waals surface area contributed by atoms with Crippen LogP contribution < -0.4 is 10.0 Å². The van der Waals surface area contributed by atoms with E-state index in [1.807, 2.05) is 6.92 Å². The Bertz CT molecular complexity index is 530. The molecular weight excluding hydrogens is 269 g/mol. The highest BCUT2D eigenvalue weighted by atomic mass is 32.2. The molecule has 0 radical (unpaired) electrons. The molecule has 106 valence electrons. The highest BCUT2D eigenvalue weighted by Crippen LogP contribution is 2.17. The largest absolute Gasteiger partial charge is 0.316 e. The summed E-state index contributed by atoms with van der Waals surface area (Å²) in [6, 6.07) is 0.780. The van der Waals surface area contributed by atoms with E-state index in [0.717, 1.165) is 44.4 Å². The third-order valence-corrected chi connectivity index (χ3v) is 4.90. The zero-order chi connectivity index (χ0) is 13.9. The van der Waals surface area contributed by atoms with Crippen LogP contribution in [0.15, 0.2) is 23.4 Å². The van der Waals surface area contributed by atoms with Gasteiger partial charge in [-0.2, -0.15) is 0 Å². The lowest BCUT2D eigenvalue weighted by Crippen LogP contribution is -2.44. The fourth-order valence-electron chi connectivity index (χ4n) is 2.25. The Morgan fingerprint density at radius 3 is 2.95 bits per heavy atom. The van der Waals surface area contributed by atoms with Gasteiger partial charge in [-0.05, 0) is 44.8 Å². The van der Waals surface area contributed by atoms with Gasteiger partial charge in [-0.1, -0.05) is 0 Å². The van der Waals surface area contributed by atoms with Crippen LogP contribution in [0.2, 0.25) is 0 Å². The first-order valence-electron chi connectivity index (χ1n) is 6.32. The van der Waals surface area contributed by atoms with Crippen molar-refractivity contribution in [2.24, 2.45) is 5.92 Å². The summed E-state index contributed by atoms with van der Waals surface area (Å²) in [7, 11) is -3.71. The van der Waals surface area contributed by atoms with Crippen LogP contribution in [-0.2, 0) is 10.0 Å². The van der Waals surface area contributed by atoms with Gasteiger partial charge in [0.05, 0.1) is 6.20 Å². The van der Waals surface area contributed by atoms with Crippen molar-refractivity contribution in [3.8, 4) is 0 Å². The lowest BCUT2D eigenvalue weighted by Gasteiger charge is -2.28. The molecule has 0 amide bonds. The summed E-state index contributed by atoms with van der Waals surface area (Å²) in [5, 5.41) is 3.24. The topological polar surface area (TPSA) is 71.1 Å². The zero-order valence-electron chi connectivity index (χ0n) is 10.8. The molecule has 2 unspecified atom stereocenters. The van der Waals surface area contributed by atoms with Crippen molar-refractivity contribution in [3.63, 3.8) is 0 Å². The van der Waals surface area contributed by atoms with Crippen molar-refractivity contribution >= 4 is 10.0 Å². The summed E-state index contributed by atoms with van der Waals surface area (Å²) in [6.45, 7) is 3.61. The van der Waals surface area contributed by atoms with Gasteiger partial charge in [0, 0.05) is 12.2 Å². The first kappa shape index (κ1) is 14.4. The van der Waals surface area contributed by atoms with E-state index in [9.17, 15) is 12.8 Å². The van der Waals surface area contributed by atoms with Gasteiger partial charge in [-0.25, -0.2) is 17.5 Å². The second kappa shape index (κ2) is 5.94. The summed E-state index contributed by atoms with van der Waals surface area (Å²) >= 11 is 0. The van der Waals surface area contributed by atoms with Crippen molar-refractivity contribution < 1.29 is 12.8 Å². The molecule has 7 heteroatoms. The summed E-state index contributed by atoms with van der Waals surface area (Å²) in [6.07, 6.45) is 4.15. The molecule has 1 aromatic rings. The number of rotatable bonds is 4. The molecule has 1 fully saturated rings. The molecule has 2 N–H and O–H groups in total. The standard InChI is InChI=1S/C12H18FN3O2S/c1-9(10-3-2-4-14-6-10)16-19(17,18)12-5-11(13)7-15-8-12/h5,7-10,14,16H,2-4,6H2,1H3. The van der Waals surface area contributed by atoms with Gasteiger partial charge in [0.25, 0.3) is 0 Å². The molecular formula is C12H18FN3O2S. The predicted octanol–water partition coefficient (Wildman–Crippen LogP) is 0.887. The SMILES string of the molecule is CC(NS(=O)(=O)c1cncc(F)c1)C1CCCNC1. The number of halogens is 1. The van der Waals surface area contributed by atoms with Gasteiger partial charge >= 0.3 is 0 Å². The number of nitrogens with zero attached hydrogens (tertiary/aromatic N) is 1. The van der Waals surface area contributed by atoms with Crippen LogP contribution in [0.3, 0.4) is 0 Å².